The van der Waals surface area contributed by atoms with Crippen molar-refractivity contribution in [2.24, 2.45) is 0 Å². The van der Waals surface area contributed by atoms with E-state index in [1.807, 2.05) is 30.3 Å². The van der Waals surface area contributed by atoms with Gasteiger partial charge < -0.3 is 4.57 Å². The predicted octanol–water partition coefficient (Wildman–Crippen LogP) is 12.5. The van der Waals surface area contributed by atoms with Crippen molar-refractivity contribution in [1.29, 1.82) is 0 Å². The molecule has 0 N–H and O–H groups in total. The van der Waals surface area contributed by atoms with E-state index in [-0.39, 0.29) is 5.82 Å². The molecule has 0 aliphatic carbocycles. The Balaban J connectivity index is 1.30. The third-order valence-electron chi connectivity index (χ3n) is 10.2. The van der Waals surface area contributed by atoms with Crippen LogP contribution in [0.4, 0.5) is 4.39 Å². The van der Waals surface area contributed by atoms with E-state index in [0.29, 0.717) is 10.6 Å². The molecule has 11 rings (SSSR count). The summed E-state index contributed by atoms with van der Waals surface area (Å²) in [6.07, 6.45) is 0. The molecule has 0 saturated carbocycles. The van der Waals surface area contributed by atoms with Crippen LogP contribution in [0.2, 0.25) is 0 Å². The minimum atomic E-state index is -0.207. The lowest BCUT2D eigenvalue weighted by molar-refractivity contribution is 0.642. The maximum absolute atomic E-state index is 15.1. The molecule has 0 radical (unpaired) electrons. The van der Waals surface area contributed by atoms with Gasteiger partial charge in [0.1, 0.15) is 5.82 Å². The second-order valence-electron chi connectivity index (χ2n) is 13.1. The van der Waals surface area contributed by atoms with Gasteiger partial charge in [-0.15, -0.1) is 11.3 Å². The molecule has 0 aliphatic rings. The largest absolute Gasteiger partial charge is 0.307 e. The Labute approximate surface area is 301 Å². The highest BCUT2D eigenvalue weighted by Crippen LogP contribution is 2.43. The molecule has 0 amide bonds. The Bertz CT molecular complexity index is 3190. The van der Waals surface area contributed by atoms with Crippen molar-refractivity contribution in [3.05, 3.63) is 170 Å². The Morgan fingerprint density at radius 2 is 1.00 bits per heavy atom. The van der Waals surface area contributed by atoms with E-state index < -0.39 is 0 Å². The average molecular weight is 687 g/mol. The monoisotopic (exact) mass is 686 g/mol. The highest BCUT2D eigenvalue weighted by molar-refractivity contribution is 7.26. The van der Waals surface area contributed by atoms with Crippen LogP contribution >= 0.6 is 11.3 Å². The first-order valence-corrected chi connectivity index (χ1v) is 18.1. The van der Waals surface area contributed by atoms with Crippen LogP contribution in [0, 0.1) is 5.82 Å². The number of aromatic nitrogens is 4. The number of hydrogen-bond acceptors (Lipinski definition) is 3. The molecule has 0 aliphatic heterocycles. The van der Waals surface area contributed by atoms with Crippen molar-refractivity contribution in [2.75, 3.05) is 0 Å². The van der Waals surface area contributed by atoms with Crippen molar-refractivity contribution < 1.29 is 4.39 Å². The van der Waals surface area contributed by atoms with Gasteiger partial charge in [0.2, 0.25) is 5.95 Å². The molecule has 0 unspecified atom stereocenters. The van der Waals surface area contributed by atoms with E-state index >= 15 is 4.39 Å². The molecule has 4 heterocycles. The smallest absolute Gasteiger partial charge is 0.235 e. The van der Waals surface area contributed by atoms with E-state index in [2.05, 4.69) is 130 Å². The van der Waals surface area contributed by atoms with E-state index in [1.54, 1.807) is 6.07 Å². The summed E-state index contributed by atoms with van der Waals surface area (Å²) in [7, 11) is 0. The summed E-state index contributed by atoms with van der Waals surface area (Å²) < 4.78 is 21.4. The van der Waals surface area contributed by atoms with Crippen molar-refractivity contribution in [1.82, 2.24) is 19.1 Å². The second-order valence-corrected chi connectivity index (χ2v) is 14.1. The zero-order valence-electron chi connectivity index (χ0n) is 27.7. The molecule has 0 atom stereocenters. The maximum atomic E-state index is 15.1. The van der Waals surface area contributed by atoms with E-state index in [4.69, 9.17) is 9.97 Å². The first-order valence-electron chi connectivity index (χ1n) is 17.3. The first-order chi connectivity index (χ1) is 25.7. The van der Waals surface area contributed by atoms with Crippen molar-refractivity contribution >= 4 is 75.1 Å². The van der Waals surface area contributed by atoms with E-state index in [0.717, 1.165) is 81.9 Å². The lowest BCUT2D eigenvalue weighted by atomic mass is 10.0. The maximum Gasteiger partial charge on any atom is 0.235 e. The first kappa shape index (κ1) is 29.1. The quantitative estimate of drug-likeness (QED) is 0.185. The van der Waals surface area contributed by atoms with Gasteiger partial charge in [0.05, 0.1) is 38.2 Å². The average Bonchev–Trinajstić information content (AvgIpc) is 3.87. The fourth-order valence-electron chi connectivity index (χ4n) is 7.97. The van der Waals surface area contributed by atoms with Crippen LogP contribution in [0.1, 0.15) is 0 Å². The molecular formula is C46H27FN4S. The van der Waals surface area contributed by atoms with Gasteiger partial charge in [-0.3, -0.25) is 4.57 Å². The summed E-state index contributed by atoms with van der Waals surface area (Å²) in [5, 5.41) is 6.53. The molecule has 0 spiro atoms. The molecule has 52 heavy (non-hydrogen) atoms. The van der Waals surface area contributed by atoms with Crippen molar-refractivity contribution in [2.45, 2.75) is 0 Å². The van der Waals surface area contributed by atoms with Gasteiger partial charge in [-0.05, 0) is 36.4 Å². The molecule has 0 fully saturated rings. The van der Waals surface area contributed by atoms with Gasteiger partial charge in [0.15, 0.2) is 0 Å². The number of rotatable bonds is 4. The minimum absolute atomic E-state index is 0.207. The van der Waals surface area contributed by atoms with Gasteiger partial charge in [0.25, 0.3) is 0 Å². The summed E-state index contributed by atoms with van der Waals surface area (Å²) in [6, 6.07) is 56.0. The molecule has 0 bridgehead atoms. The fraction of sp³-hybridized carbons (Fsp3) is 0. The molecular weight excluding hydrogens is 660 g/mol. The van der Waals surface area contributed by atoms with Crippen LogP contribution < -0.4 is 0 Å². The predicted molar refractivity (Wildman–Crippen MR) is 214 cm³/mol. The van der Waals surface area contributed by atoms with Crippen molar-refractivity contribution in [3.8, 4) is 34.2 Å². The summed E-state index contributed by atoms with van der Waals surface area (Å²) in [6.45, 7) is 0. The van der Waals surface area contributed by atoms with E-state index in [1.165, 1.54) is 22.8 Å². The number of thiophene rings is 1. The topological polar surface area (TPSA) is 35.6 Å². The van der Waals surface area contributed by atoms with Crippen LogP contribution in [0.3, 0.4) is 0 Å². The molecule has 7 aromatic carbocycles. The number of fused-ring (bicyclic) bond motifs is 10. The summed E-state index contributed by atoms with van der Waals surface area (Å²) in [4.78, 5) is 10.8. The summed E-state index contributed by atoms with van der Waals surface area (Å²) in [5.41, 5.74) is 8.91. The van der Waals surface area contributed by atoms with Gasteiger partial charge >= 0.3 is 0 Å². The van der Waals surface area contributed by atoms with Gasteiger partial charge in [-0.2, -0.15) is 0 Å². The lowest BCUT2D eigenvalue weighted by Gasteiger charge is -2.14. The molecule has 0 saturated heterocycles. The van der Waals surface area contributed by atoms with Crippen LogP contribution in [0.25, 0.3) is 97.9 Å². The zero-order chi connectivity index (χ0) is 34.3. The molecule has 4 aromatic heterocycles. The Morgan fingerprint density at radius 1 is 0.442 bits per heavy atom. The van der Waals surface area contributed by atoms with Gasteiger partial charge in [0, 0.05) is 53.8 Å². The molecule has 244 valence electrons. The summed E-state index contributed by atoms with van der Waals surface area (Å²) >= 11 is 1.48. The number of para-hydroxylation sites is 3. The van der Waals surface area contributed by atoms with Gasteiger partial charge in [-0.1, -0.05) is 127 Å². The standard InChI is InChI=1S/C46H27FN4S/c47-37-22-12-20-35-34-19-11-21-36(44(34)52-45(35)37)39-27-38(28-13-3-1-4-14-28)48-46(49-39)51-41-24-10-8-18-31(41)33-26-25-32-30-17-7-9-23-40(30)50(42(32)43(33)51)29-15-5-2-6-16-29/h1-27H. The lowest BCUT2D eigenvalue weighted by Crippen LogP contribution is -2.05. The number of benzene rings is 7. The molecule has 6 heteroatoms. The Kier molecular flexibility index (Phi) is 6.27. The van der Waals surface area contributed by atoms with Gasteiger partial charge in [-0.25, -0.2) is 14.4 Å². The highest BCUT2D eigenvalue weighted by Gasteiger charge is 2.23. The SMILES string of the molecule is Fc1cccc2c1sc1c(-c3cc(-c4ccccc4)nc(-n4c5ccccc5c5ccc6c7ccccc7n(-c7ccccc7)c6c54)n3)cccc12. The third-order valence-corrected chi connectivity index (χ3v) is 11.5. The Hall–Kier alpha value is -6.63. The zero-order valence-corrected chi connectivity index (χ0v) is 28.5. The van der Waals surface area contributed by atoms with Crippen LogP contribution in [0.15, 0.2) is 164 Å². The van der Waals surface area contributed by atoms with Crippen molar-refractivity contribution in [3.63, 3.8) is 0 Å². The van der Waals surface area contributed by atoms with Crippen LogP contribution in [-0.4, -0.2) is 19.1 Å². The number of hydrogen-bond donors (Lipinski definition) is 0. The molecule has 4 nitrogen and oxygen atoms in total. The third kappa shape index (κ3) is 4.19. The molecule has 11 aromatic rings. The van der Waals surface area contributed by atoms with Crippen LogP contribution in [-0.2, 0) is 0 Å². The fourth-order valence-corrected chi connectivity index (χ4v) is 9.20. The number of nitrogens with zero attached hydrogens (tertiary/aromatic N) is 4. The summed E-state index contributed by atoms with van der Waals surface area (Å²) in [5.74, 6) is 0.366. The highest BCUT2D eigenvalue weighted by atomic mass is 32.1. The normalized spacial score (nSPS) is 11.9. The van der Waals surface area contributed by atoms with Crippen LogP contribution in [0.5, 0.6) is 0 Å². The minimum Gasteiger partial charge on any atom is -0.307 e. The Morgan fingerprint density at radius 3 is 1.73 bits per heavy atom. The van der Waals surface area contributed by atoms with E-state index in [9.17, 15) is 0 Å². The number of halogens is 1. The second kappa shape index (κ2) is 11.2.